The van der Waals surface area contributed by atoms with Crippen molar-refractivity contribution >= 4 is 86.8 Å². The van der Waals surface area contributed by atoms with Gasteiger partial charge in [0.1, 0.15) is 15.9 Å². The van der Waals surface area contributed by atoms with Gasteiger partial charge < -0.3 is 20.7 Å². The second-order valence-corrected chi connectivity index (χ2v) is 15.5. The highest BCUT2D eigenvalue weighted by atomic mass is 35.5. The fourth-order valence-corrected chi connectivity index (χ4v) is 8.77. The Kier molecular flexibility index (Phi) is 13.3. The normalized spacial score (nSPS) is 13.2. The molecule has 0 saturated heterocycles. The summed E-state index contributed by atoms with van der Waals surface area (Å²) in [5, 5.41) is 9.01. The van der Waals surface area contributed by atoms with E-state index >= 15 is 0 Å². The summed E-state index contributed by atoms with van der Waals surface area (Å²) in [6.07, 6.45) is 6.19. The van der Waals surface area contributed by atoms with Gasteiger partial charge in [0, 0.05) is 21.0 Å². The number of aryl methyl sites for hydroxylation is 1. The molecule has 0 spiro atoms. The van der Waals surface area contributed by atoms with Crippen molar-refractivity contribution in [2.24, 2.45) is 0 Å². The molecule has 3 amide bonds. The topological polar surface area (TPSA) is 114 Å². The van der Waals surface area contributed by atoms with Crippen molar-refractivity contribution < 1.29 is 23.9 Å². The number of hydrogen-bond acceptors (Lipinski definition) is 7. The van der Waals surface area contributed by atoms with Gasteiger partial charge in [-0.3, -0.25) is 14.4 Å². The van der Waals surface area contributed by atoms with Crippen molar-refractivity contribution in [3.8, 4) is 0 Å². The summed E-state index contributed by atoms with van der Waals surface area (Å²) in [5.41, 5.74) is 3.37. The maximum atomic E-state index is 14.2. The minimum Gasteiger partial charge on any atom is -0.462 e. The Labute approximate surface area is 332 Å². The molecule has 3 N–H and O–H groups in total. The summed E-state index contributed by atoms with van der Waals surface area (Å²) in [7, 11) is 0. The smallest absolute Gasteiger partial charge is 0.341 e. The Bertz CT molecular complexity index is 2190. The fraction of sp³-hybridized carbons (Fsp3) is 0.190. The monoisotopic (exact) mass is 797 g/mol. The number of thiophene rings is 1. The second-order valence-electron chi connectivity index (χ2n) is 12.4. The number of ether oxygens (including phenoxy) is 1. The highest BCUT2D eigenvalue weighted by Crippen LogP contribution is 2.41. The van der Waals surface area contributed by atoms with Crippen molar-refractivity contribution in [3.05, 3.63) is 152 Å². The lowest BCUT2D eigenvalue weighted by molar-refractivity contribution is -0.116. The summed E-state index contributed by atoms with van der Waals surface area (Å²) in [5.74, 6) is -1.80. The average Bonchev–Trinajstić information content (AvgIpc) is 3.35. The fourth-order valence-electron chi connectivity index (χ4n) is 6.04. The molecule has 5 aromatic rings. The summed E-state index contributed by atoms with van der Waals surface area (Å²) in [6.45, 7) is 2.00. The van der Waals surface area contributed by atoms with Crippen LogP contribution in [-0.2, 0) is 27.2 Å². The molecular formula is C42H37Cl2N3O5S2. The van der Waals surface area contributed by atoms with Gasteiger partial charge in [-0.15, -0.1) is 23.1 Å². The minimum atomic E-state index is -0.709. The molecule has 1 atom stereocenters. The van der Waals surface area contributed by atoms with Crippen LogP contribution in [0, 0.1) is 0 Å². The number of carbonyl (C=O) groups excluding carboxylic acids is 4. The number of nitrogens with one attached hydrogen (secondary N) is 3. The Morgan fingerprint density at radius 3 is 2.33 bits per heavy atom. The van der Waals surface area contributed by atoms with Crippen LogP contribution in [0.15, 0.2) is 114 Å². The van der Waals surface area contributed by atoms with Gasteiger partial charge in [0.2, 0.25) is 5.91 Å². The van der Waals surface area contributed by atoms with Crippen molar-refractivity contribution in [1.29, 1.82) is 0 Å². The molecule has 1 aromatic heterocycles. The molecule has 0 saturated carbocycles. The zero-order valence-corrected chi connectivity index (χ0v) is 32.5. The third-order valence-electron chi connectivity index (χ3n) is 8.63. The van der Waals surface area contributed by atoms with Crippen molar-refractivity contribution in [2.45, 2.75) is 49.2 Å². The van der Waals surface area contributed by atoms with E-state index in [-0.39, 0.29) is 23.2 Å². The molecule has 4 aromatic carbocycles. The van der Waals surface area contributed by atoms with E-state index in [0.717, 1.165) is 48.1 Å². The predicted octanol–water partition coefficient (Wildman–Crippen LogP) is 10.4. The van der Waals surface area contributed by atoms with Gasteiger partial charge in [0.05, 0.1) is 22.2 Å². The first-order chi connectivity index (χ1) is 26.2. The van der Waals surface area contributed by atoms with Crippen molar-refractivity contribution in [1.82, 2.24) is 5.32 Å². The maximum absolute atomic E-state index is 14.2. The number of esters is 1. The quantitative estimate of drug-likeness (QED) is 0.0501. The minimum absolute atomic E-state index is 0.0561. The highest BCUT2D eigenvalue weighted by Gasteiger charge is 2.30. The summed E-state index contributed by atoms with van der Waals surface area (Å²) in [4.78, 5) is 56.2. The molecule has 0 fully saturated rings. The third-order valence-corrected chi connectivity index (χ3v) is 11.9. The summed E-state index contributed by atoms with van der Waals surface area (Å²) < 4.78 is 5.44. The lowest BCUT2D eigenvalue weighted by Gasteiger charge is -2.18. The van der Waals surface area contributed by atoms with Gasteiger partial charge >= 0.3 is 5.97 Å². The molecule has 276 valence electrons. The van der Waals surface area contributed by atoms with E-state index in [4.69, 9.17) is 27.9 Å². The number of fused-ring (bicyclic) bond motifs is 1. The number of carbonyl (C=O) groups is 4. The molecule has 1 aliphatic carbocycles. The highest BCUT2D eigenvalue weighted by molar-refractivity contribution is 8.00. The van der Waals surface area contributed by atoms with Gasteiger partial charge in [-0.2, -0.15) is 0 Å². The molecule has 0 radical (unpaired) electrons. The van der Waals surface area contributed by atoms with E-state index in [1.165, 1.54) is 29.2 Å². The van der Waals surface area contributed by atoms with Gasteiger partial charge in [0.25, 0.3) is 11.8 Å². The Hall–Kier alpha value is -4.87. The van der Waals surface area contributed by atoms with Crippen LogP contribution in [0.4, 0.5) is 10.7 Å². The predicted molar refractivity (Wildman–Crippen MR) is 219 cm³/mol. The van der Waals surface area contributed by atoms with Crippen LogP contribution in [0.2, 0.25) is 10.0 Å². The van der Waals surface area contributed by atoms with E-state index in [9.17, 15) is 19.2 Å². The lowest BCUT2D eigenvalue weighted by Crippen LogP contribution is -2.30. The number of benzene rings is 4. The molecule has 1 unspecified atom stereocenters. The number of amides is 3. The molecule has 1 aliphatic rings. The number of hydrogen-bond donors (Lipinski definition) is 3. The van der Waals surface area contributed by atoms with Crippen molar-refractivity contribution in [2.75, 3.05) is 17.2 Å². The van der Waals surface area contributed by atoms with E-state index in [2.05, 4.69) is 16.0 Å². The van der Waals surface area contributed by atoms with Gasteiger partial charge in [0.15, 0.2) is 0 Å². The molecule has 1 heterocycles. The van der Waals surface area contributed by atoms with E-state index in [1.807, 2.05) is 36.4 Å². The average molecular weight is 799 g/mol. The SMILES string of the molecule is CCOC(=O)c1c(NC(=O)C(Sc2cccc(NC(=O)/C(=C\c3cccc(Cl)c3Cl)NC(=O)c3ccccc3)c2)c2ccccc2)sc2c1CCCCC2. The first kappa shape index (κ1) is 38.8. The van der Waals surface area contributed by atoms with Gasteiger partial charge in [-0.25, -0.2) is 4.79 Å². The number of halogens is 2. The zero-order chi connectivity index (χ0) is 38.0. The first-order valence-electron chi connectivity index (χ1n) is 17.5. The van der Waals surface area contributed by atoms with Crippen LogP contribution in [0.5, 0.6) is 0 Å². The first-order valence-corrected chi connectivity index (χ1v) is 19.9. The largest absolute Gasteiger partial charge is 0.462 e. The Morgan fingerprint density at radius 1 is 0.852 bits per heavy atom. The molecule has 54 heavy (non-hydrogen) atoms. The molecule has 0 aliphatic heterocycles. The summed E-state index contributed by atoms with van der Waals surface area (Å²) >= 11 is 15.4. The lowest BCUT2D eigenvalue weighted by atomic mass is 10.1. The van der Waals surface area contributed by atoms with Crippen molar-refractivity contribution in [3.63, 3.8) is 0 Å². The molecule has 6 rings (SSSR count). The van der Waals surface area contributed by atoms with Gasteiger partial charge in [-0.1, -0.05) is 96.4 Å². The van der Waals surface area contributed by atoms with Crippen LogP contribution in [0.3, 0.4) is 0 Å². The van der Waals surface area contributed by atoms with Crippen LogP contribution >= 0.6 is 46.3 Å². The number of anilines is 2. The molecule has 0 bridgehead atoms. The molecular weight excluding hydrogens is 762 g/mol. The van der Waals surface area contributed by atoms with E-state index in [1.54, 1.807) is 73.7 Å². The number of rotatable bonds is 12. The molecule has 12 heteroatoms. The van der Waals surface area contributed by atoms with E-state index < -0.39 is 23.0 Å². The number of thioether (sulfide) groups is 1. The Balaban J connectivity index is 1.26. The molecule has 8 nitrogen and oxygen atoms in total. The van der Waals surface area contributed by atoms with Crippen LogP contribution in [0.25, 0.3) is 6.08 Å². The maximum Gasteiger partial charge on any atom is 0.341 e. The summed E-state index contributed by atoms with van der Waals surface area (Å²) in [6, 6.07) is 30.0. The Morgan fingerprint density at radius 2 is 1.57 bits per heavy atom. The zero-order valence-electron chi connectivity index (χ0n) is 29.3. The van der Waals surface area contributed by atoms with Crippen LogP contribution < -0.4 is 16.0 Å². The van der Waals surface area contributed by atoms with E-state index in [0.29, 0.717) is 37.3 Å². The third kappa shape index (κ3) is 9.62. The second kappa shape index (κ2) is 18.4. The standard InChI is InChI=1S/C42H37Cl2N3O5S2/c1-2-52-42(51)35-31-21-10-5-11-23-34(31)54-41(35)47-40(50)37(26-14-6-3-7-15-26)53-30-20-13-19-29(25-30)45-39(49)33(24-28-18-12-22-32(43)36(28)44)46-38(48)27-16-8-4-9-17-27/h3-4,6-9,12-20,22,24-25,37H,2,5,10-11,21,23H2,1H3,(H,45,49)(H,46,48)(H,47,50)/b33-24+. The van der Waals surface area contributed by atoms with Crippen LogP contribution in [0.1, 0.15) is 73.7 Å². The van der Waals surface area contributed by atoms with Crippen LogP contribution in [-0.4, -0.2) is 30.3 Å². The van der Waals surface area contributed by atoms with Gasteiger partial charge in [-0.05, 0) is 91.8 Å².